The third kappa shape index (κ3) is 4.22. The zero-order chi connectivity index (χ0) is 13.2. The molecule has 0 aromatic carbocycles. The van der Waals surface area contributed by atoms with Crippen molar-refractivity contribution in [1.82, 2.24) is 4.90 Å². The van der Waals surface area contributed by atoms with Crippen LogP contribution < -0.4 is 5.73 Å². The molecular formula is C11H20N2O4. The third-order valence-electron chi connectivity index (χ3n) is 2.23. The van der Waals surface area contributed by atoms with Crippen molar-refractivity contribution < 1.29 is 19.1 Å². The molecule has 98 valence electrons. The summed E-state index contributed by atoms with van der Waals surface area (Å²) >= 11 is 0. The Morgan fingerprint density at radius 1 is 1.35 bits per heavy atom. The SMILES string of the molecule is C[C@@H]1CN(C(=O)OC(C)(C)C)C[C@@H](C(N)=O)O1. The topological polar surface area (TPSA) is 81.9 Å². The van der Waals surface area contributed by atoms with Gasteiger partial charge in [0.05, 0.1) is 19.2 Å². The number of hydrogen-bond donors (Lipinski definition) is 1. The van der Waals surface area contributed by atoms with Crippen LogP contribution in [0.5, 0.6) is 0 Å². The summed E-state index contributed by atoms with van der Waals surface area (Å²) in [7, 11) is 0. The monoisotopic (exact) mass is 244 g/mol. The number of carbonyl (C=O) groups excluding carboxylic acids is 2. The smallest absolute Gasteiger partial charge is 0.410 e. The Morgan fingerprint density at radius 3 is 2.41 bits per heavy atom. The summed E-state index contributed by atoms with van der Waals surface area (Å²) < 4.78 is 10.6. The summed E-state index contributed by atoms with van der Waals surface area (Å²) in [6.45, 7) is 7.71. The predicted octanol–water partition coefficient (Wildman–Crippen LogP) is 0.496. The molecule has 17 heavy (non-hydrogen) atoms. The highest BCUT2D eigenvalue weighted by atomic mass is 16.6. The van der Waals surface area contributed by atoms with Crippen molar-refractivity contribution in [3.8, 4) is 0 Å². The molecule has 6 heteroatoms. The molecule has 1 saturated heterocycles. The summed E-state index contributed by atoms with van der Waals surface area (Å²) in [6.07, 6.45) is -1.43. The van der Waals surface area contributed by atoms with Crippen LogP contribution in [0.1, 0.15) is 27.7 Å². The summed E-state index contributed by atoms with van der Waals surface area (Å²) in [5.41, 5.74) is 4.62. The van der Waals surface area contributed by atoms with E-state index in [0.717, 1.165) is 0 Å². The zero-order valence-electron chi connectivity index (χ0n) is 10.7. The molecule has 1 rings (SSSR count). The van der Waals surface area contributed by atoms with Crippen LogP contribution in [0, 0.1) is 0 Å². The van der Waals surface area contributed by atoms with Gasteiger partial charge in [-0.25, -0.2) is 4.79 Å². The molecule has 2 amide bonds. The van der Waals surface area contributed by atoms with Crippen LogP contribution >= 0.6 is 0 Å². The van der Waals surface area contributed by atoms with Gasteiger partial charge >= 0.3 is 6.09 Å². The minimum absolute atomic E-state index is 0.147. The lowest BCUT2D eigenvalue weighted by Gasteiger charge is -2.36. The predicted molar refractivity (Wildman–Crippen MR) is 61.3 cm³/mol. The molecule has 0 aromatic rings. The Bertz CT molecular complexity index is 311. The lowest BCUT2D eigenvalue weighted by Crippen LogP contribution is -2.54. The number of primary amides is 1. The van der Waals surface area contributed by atoms with Crippen molar-refractivity contribution in [2.24, 2.45) is 5.73 Å². The van der Waals surface area contributed by atoms with Crippen LogP contribution in [-0.2, 0) is 14.3 Å². The number of hydrogen-bond acceptors (Lipinski definition) is 4. The molecule has 1 aliphatic heterocycles. The van der Waals surface area contributed by atoms with E-state index in [1.807, 2.05) is 0 Å². The average Bonchev–Trinajstić information content (AvgIpc) is 2.13. The van der Waals surface area contributed by atoms with Gasteiger partial charge in [0.15, 0.2) is 6.10 Å². The van der Waals surface area contributed by atoms with Gasteiger partial charge in [0.25, 0.3) is 0 Å². The number of nitrogens with two attached hydrogens (primary N) is 1. The summed E-state index contributed by atoms with van der Waals surface area (Å²) in [6, 6.07) is 0. The van der Waals surface area contributed by atoms with Crippen molar-refractivity contribution >= 4 is 12.0 Å². The van der Waals surface area contributed by atoms with Crippen molar-refractivity contribution in [2.75, 3.05) is 13.1 Å². The molecule has 2 N–H and O–H groups in total. The quantitative estimate of drug-likeness (QED) is 0.728. The molecule has 0 saturated carbocycles. The first-order valence-corrected chi connectivity index (χ1v) is 5.62. The number of amides is 2. The highest BCUT2D eigenvalue weighted by Gasteiger charge is 2.33. The van der Waals surface area contributed by atoms with E-state index in [2.05, 4.69) is 0 Å². The largest absolute Gasteiger partial charge is 0.444 e. The van der Waals surface area contributed by atoms with Gasteiger partial charge < -0.3 is 20.1 Å². The summed E-state index contributed by atoms with van der Waals surface area (Å²) in [5, 5.41) is 0. The van der Waals surface area contributed by atoms with Gasteiger partial charge in [-0.1, -0.05) is 0 Å². The molecule has 2 atom stereocenters. The first-order valence-electron chi connectivity index (χ1n) is 5.62. The van der Waals surface area contributed by atoms with Crippen LogP contribution in [0.2, 0.25) is 0 Å². The first kappa shape index (κ1) is 13.8. The van der Waals surface area contributed by atoms with E-state index in [0.29, 0.717) is 6.54 Å². The second-order valence-corrected chi connectivity index (χ2v) is 5.22. The number of carbonyl (C=O) groups is 2. The molecule has 1 aliphatic rings. The maximum atomic E-state index is 11.8. The Morgan fingerprint density at radius 2 is 1.94 bits per heavy atom. The van der Waals surface area contributed by atoms with Gasteiger partial charge in [-0.15, -0.1) is 0 Å². The van der Waals surface area contributed by atoms with Crippen molar-refractivity contribution in [2.45, 2.75) is 45.5 Å². The highest BCUT2D eigenvalue weighted by molar-refractivity contribution is 5.80. The fourth-order valence-corrected chi connectivity index (χ4v) is 1.58. The minimum atomic E-state index is -0.758. The van der Waals surface area contributed by atoms with E-state index in [1.54, 1.807) is 27.7 Å². The number of rotatable bonds is 1. The standard InChI is InChI=1S/C11H20N2O4/c1-7-5-13(6-8(16-7)9(12)14)10(15)17-11(2,3)4/h7-8H,5-6H2,1-4H3,(H2,12,14)/t7-,8+/m1/s1. The van der Waals surface area contributed by atoms with Crippen molar-refractivity contribution in [3.63, 3.8) is 0 Å². The van der Waals surface area contributed by atoms with Gasteiger partial charge in [-0.3, -0.25) is 4.79 Å². The molecule has 0 radical (unpaired) electrons. The second kappa shape index (κ2) is 4.91. The molecule has 0 spiro atoms. The van der Waals surface area contributed by atoms with Crippen LogP contribution in [0.4, 0.5) is 4.79 Å². The molecule has 0 bridgehead atoms. The summed E-state index contributed by atoms with van der Waals surface area (Å²) in [4.78, 5) is 24.3. The highest BCUT2D eigenvalue weighted by Crippen LogP contribution is 2.15. The molecule has 1 heterocycles. The normalized spacial score (nSPS) is 25.5. The van der Waals surface area contributed by atoms with Gasteiger partial charge in [-0.2, -0.15) is 0 Å². The van der Waals surface area contributed by atoms with E-state index in [4.69, 9.17) is 15.2 Å². The Balaban J connectivity index is 2.64. The van der Waals surface area contributed by atoms with E-state index < -0.39 is 23.7 Å². The van der Waals surface area contributed by atoms with E-state index in [1.165, 1.54) is 4.90 Å². The lowest BCUT2D eigenvalue weighted by molar-refractivity contribution is -0.141. The average molecular weight is 244 g/mol. The Kier molecular flexibility index (Phi) is 3.98. The maximum absolute atomic E-state index is 11.8. The first-order chi connectivity index (χ1) is 7.69. The third-order valence-corrected chi connectivity index (χ3v) is 2.23. The zero-order valence-corrected chi connectivity index (χ0v) is 10.7. The van der Waals surface area contributed by atoms with Crippen LogP contribution in [0.15, 0.2) is 0 Å². The minimum Gasteiger partial charge on any atom is -0.444 e. The molecule has 0 unspecified atom stereocenters. The number of nitrogens with zero attached hydrogens (tertiary/aromatic N) is 1. The van der Waals surface area contributed by atoms with Crippen molar-refractivity contribution in [3.05, 3.63) is 0 Å². The molecular weight excluding hydrogens is 224 g/mol. The van der Waals surface area contributed by atoms with Gasteiger partial charge in [0.2, 0.25) is 5.91 Å². The van der Waals surface area contributed by atoms with Gasteiger partial charge in [-0.05, 0) is 27.7 Å². The van der Waals surface area contributed by atoms with Crippen molar-refractivity contribution in [1.29, 1.82) is 0 Å². The van der Waals surface area contributed by atoms with Crippen LogP contribution in [0.25, 0.3) is 0 Å². The van der Waals surface area contributed by atoms with Crippen LogP contribution in [-0.4, -0.2) is 47.8 Å². The summed E-state index contributed by atoms with van der Waals surface area (Å²) in [5.74, 6) is -0.565. The fraction of sp³-hybridized carbons (Fsp3) is 0.818. The van der Waals surface area contributed by atoms with E-state index in [9.17, 15) is 9.59 Å². The Hall–Kier alpha value is -1.30. The lowest BCUT2D eigenvalue weighted by atomic mass is 10.2. The maximum Gasteiger partial charge on any atom is 0.410 e. The molecule has 0 aliphatic carbocycles. The van der Waals surface area contributed by atoms with Gasteiger partial charge in [0, 0.05) is 0 Å². The Labute approximate surface area is 101 Å². The second-order valence-electron chi connectivity index (χ2n) is 5.22. The van der Waals surface area contributed by atoms with E-state index in [-0.39, 0.29) is 12.6 Å². The van der Waals surface area contributed by atoms with Gasteiger partial charge in [0.1, 0.15) is 5.60 Å². The molecule has 0 aromatic heterocycles. The fourth-order valence-electron chi connectivity index (χ4n) is 1.58. The molecule has 6 nitrogen and oxygen atoms in total. The molecule has 1 fully saturated rings. The van der Waals surface area contributed by atoms with E-state index >= 15 is 0 Å². The van der Waals surface area contributed by atoms with Crippen LogP contribution in [0.3, 0.4) is 0 Å². The number of morpholine rings is 1. The number of ether oxygens (including phenoxy) is 2.